The van der Waals surface area contributed by atoms with Gasteiger partial charge in [-0.05, 0) is 24.4 Å². The van der Waals surface area contributed by atoms with Crippen LogP contribution in [0, 0.1) is 11.3 Å². The normalized spacial score (nSPS) is 19.7. The van der Waals surface area contributed by atoms with E-state index >= 15 is 0 Å². The van der Waals surface area contributed by atoms with E-state index in [4.69, 9.17) is 11.0 Å². The summed E-state index contributed by atoms with van der Waals surface area (Å²) in [5.41, 5.74) is 6.33. The second kappa shape index (κ2) is 5.96. The number of nitriles is 1. The summed E-state index contributed by atoms with van der Waals surface area (Å²) in [6.07, 6.45) is 1.45. The van der Waals surface area contributed by atoms with E-state index in [1.54, 1.807) is 11.4 Å². The maximum absolute atomic E-state index is 11.7. The lowest BCUT2D eigenvalue weighted by Crippen LogP contribution is -2.29. The molecule has 2 heterocycles. The van der Waals surface area contributed by atoms with Crippen LogP contribution in [-0.2, 0) is 4.79 Å². The number of anilines is 1. The summed E-state index contributed by atoms with van der Waals surface area (Å²) in [5, 5.41) is 14.0. The van der Waals surface area contributed by atoms with Crippen molar-refractivity contribution in [3.63, 3.8) is 0 Å². The Kier molecular flexibility index (Phi) is 4.31. The molecule has 1 aromatic rings. The number of nitrogens with two attached hydrogens (primary N) is 1. The molecule has 0 aliphatic carbocycles. The van der Waals surface area contributed by atoms with Gasteiger partial charge in [0.15, 0.2) is 0 Å². The van der Waals surface area contributed by atoms with E-state index in [1.165, 1.54) is 11.3 Å². The summed E-state index contributed by atoms with van der Waals surface area (Å²) < 4.78 is 0. The first kappa shape index (κ1) is 13.0. The van der Waals surface area contributed by atoms with Crippen molar-refractivity contribution in [2.45, 2.75) is 18.9 Å². The van der Waals surface area contributed by atoms with Crippen LogP contribution in [0.2, 0.25) is 0 Å². The van der Waals surface area contributed by atoms with Crippen molar-refractivity contribution in [3.05, 3.63) is 17.0 Å². The summed E-state index contributed by atoms with van der Waals surface area (Å²) in [5.74, 6) is -0.0468. The molecular formula is C12H16N4OS. The van der Waals surface area contributed by atoms with Gasteiger partial charge in [-0.2, -0.15) is 5.26 Å². The Labute approximate surface area is 110 Å². The highest BCUT2D eigenvalue weighted by atomic mass is 32.1. The molecule has 1 amide bonds. The van der Waals surface area contributed by atoms with Crippen molar-refractivity contribution in [2.24, 2.45) is 5.73 Å². The van der Waals surface area contributed by atoms with E-state index in [0.29, 0.717) is 17.0 Å². The number of nitrogens with zero attached hydrogens (tertiary/aromatic N) is 2. The molecule has 1 saturated heterocycles. The molecular weight excluding hydrogens is 248 g/mol. The number of likely N-dealkylation sites (tertiary alicyclic amines) is 1. The zero-order valence-corrected chi connectivity index (χ0v) is 10.9. The Morgan fingerprint density at radius 3 is 3.22 bits per heavy atom. The highest BCUT2D eigenvalue weighted by Gasteiger charge is 2.19. The molecule has 2 rings (SSSR count). The summed E-state index contributed by atoms with van der Waals surface area (Å²) >= 11 is 1.37. The van der Waals surface area contributed by atoms with Gasteiger partial charge in [-0.25, -0.2) is 0 Å². The standard InChI is InChI=1S/C12H16N4OS/c13-7-9-3-6-18-12(9)15-11(17)2-5-16-4-1-10(14)8-16/h3,6,10H,1-2,4-5,8,14H2,(H,15,17)/t10-/m0/s1. The van der Waals surface area contributed by atoms with Gasteiger partial charge in [0, 0.05) is 25.6 Å². The van der Waals surface area contributed by atoms with Crippen molar-refractivity contribution in [1.82, 2.24) is 4.90 Å². The first-order valence-corrected chi connectivity index (χ1v) is 6.82. The van der Waals surface area contributed by atoms with E-state index in [1.807, 2.05) is 0 Å². The number of thiophene rings is 1. The van der Waals surface area contributed by atoms with E-state index in [9.17, 15) is 4.79 Å². The number of hydrogen-bond acceptors (Lipinski definition) is 5. The third kappa shape index (κ3) is 3.29. The number of carbonyl (C=O) groups is 1. The maximum atomic E-state index is 11.7. The SMILES string of the molecule is N#Cc1ccsc1NC(=O)CCN1CC[C@H](N)C1. The molecule has 5 nitrogen and oxygen atoms in total. The van der Waals surface area contributed by atoms with E-state index in [2.05, 4.69) is 16.3 Å². The molecule has 1 aromatic heterocycles. The number of nitrogens with one attached hydrogen (secondary N) is 1. The average Bonchev–Trinajstić information content (AvgIpc) is 2.95. The first-order chi connectivity index (χ1) is 8.69. The molecule has 0 saturated carbocycles. The van der Waals surface area contributed by atoms with Crippen LogP contribution in [0.1, 0.15) is 18.4 Å². The van der Waals surface area contributed by atoms with Crippen LogP contribution in [0.5, 0.6) is 0 Å². The van der Waals surface area contributed by atoms with Gasteiger partial charge in [0.25, 0.3) is 0 Å². The fourth-order valence-electron chi connectivity index (χ4n) is 2.01. The van der Waals surface area contributed by atoms with E-state index in [-0.39, 0.29) is 11.9 Å². The topological polar surface area (TPSA) is 82.2 Å². The van der Waals surface area contributed by atoms with E-state index < -0.39 is 0 Å². The van der Waals surface area contributed by atoms with Gasteiger partial charge in [0.05, 0.1) is 5.56 Å². The Balaban J connectivity index is 1.77. The smallest absolute Gasteiger partial charge is 0.226 e. The monoisotopic (exact) mass is 264 g/mol. The number of hydrogen-bond donors (Lipinski definition) is 2. The van der Waals surface area contributed by atoms with Gasteiger partial charge in [0.1, 0.15) is 11.1 Å². The predicted molar refractivity (Wildman–Crippen MR) is 71.3 cm³/mol. The lowest BCUT2D eigenvalue weighted by Gasteiger charge is -2.14. The van der Waals surface area contributed by atoms with Gasteiger partial charge in [-0.3, -0.25) is 4.79 Å². The molecule has 0 radical (unpaired) electrons. The van der Waals surface area contributed by atoms with Gasteiger partial charge in [0.2, 0.25) is 5.91 Å². The van der Waals surface area contributed by atoms with Crippen molar-refractivity contribution >= 4 is 22.2 Å². The lowest BCUT2D eigenvalue weighted by molar-refractivity contribution is -0.116. The quantitative estimate of drug-likeness (QED) is 0.849. The molecule has 1 aliphatic heterocycles. The van der Waals surface area contributed by atoms with Crippen LogP contribution < -0.4 is 11.1 Å². The molecule has 0 unspecified atom stereocenters. The van der Waals surface area contributed by atoms with Gasteiger partial charge < -0.3 is 16.0 Å². The van der Waals surface area contributed by atoms with E-state index in [0.717, 1.165) is 26.1 Å². The highest BCUT2D eigenvalue weighted by molar-refractivity contribution is 7.14. The van der Waals surface area contributed by atoms with Gasteiger partial charge in [-0.15, -0.1) is 11.3 Å². The van der Waals surface area contributed by atoms with Gasteiger partial charge >= 0.3 is 0 Å². The molecule has 1 fully saturated rings. The number of carbonyl (C=O) groups excluding carboxylic acids is 1. The largest absolute Gasteiger partial charge is 0.326 e. The van der Waals surface area contributed by atoms with Crippen LogP contribution >= 0.6 is 11.3 Å². The molecule has 96 valence electrons. The second-order valence-electron chi connectivity index (χ2n) is 4.42. The Morgan fingerprint density at radius 2 is 2.56 bits per heavy atom. The maximum Gasteiger partial charge on any atom is 0.226 e. The second-order valence-corrected chi connectivity index (χ2v) is 5.34. The molecule has 18 heavy (non-hydrogen) atoms. The third-order valence-corrected chi connectivity index (χ3v) is 3.83. The first-order valence-electron chi connectivity index (χ1n) is 5.94. The lowest BCUT2D eigenvalue weighted by atomic mass is 10.3. The molecule has 0 bridgehead atoms. The summed E-state index contributed by atoms with van der Waals surface area (Å²) in [6.45, 7) is 2.57. The highest BCUT2D eigenvalue weighted by Crippen LogP contribution is 2.22. The number of amides is 1. The molecule has 1 aliphatic rings. The zero-order chi connectivity index (χ0) is 13.0. The Bertz CT molecular complexity index is 465. The third-order valence-electron chi connectivity index (χ3n) is 3.00. The molecule has 1 atom stereocenters. The molecule has 0 spiro atoms. The number of rotatable bonds is 4. The predicted octanol–water partition coefficient (Wildman–Crippen LogP) is 0.981. The fourth-order valence-corrected chi connectivity index (χ4v) is 2.76. The van der Waals surface area contributed by atoms with Crippen molar-refractivity contribution in [3.8, 4) is 6.07 Å². The molecule has 0 aromatic carbocycles. The Hall–Kier alpha value is -1.42. The van der Waals surface area contributed by atoms with Crippen molar-refractivity contribution < 1.29 is 4.79 Å². The van der Waals surface area contributed by atoms with Crippen molar-refractivity contribution in [1.29, 1.82) is 5.26 Å². The minimum atomic E-state index is -0.0468. The fraction of sp³-hybridized carbons (Fsp3) is 0.500. The van der Waals surface area contributed by atoms with Crippen LogP contribution in [-0.4, -0.2) is 36.5 Å². The van der Waals surface area contributed by atoms with Gasteiger partial charge in [-0.1, -0.05) is 0 Å². The average molecular weight is 264 g/mol. The molecule has 6 heteroatoms. The zero-order valence-electron chi connectivity index (χ0n) is 10.1. The minimum Gasteiger partial charge on any atom is -0.326 e. The summed E-state index contributed by atoms with van der Waals surface area (Å²) in [7, 11) is 0. The van der Waals surface area contributed by atoms with Crippen LogP contribution in [0.4, 0.5) is 5.00 Å². The summed E-state index contributed by atoms with van der Waals surface area (Å²) in [4.78, 5) is 13.9. The summed E-state index contributed by atoms with van der Waals surface area (Å²) in [6, 6.07) is 4.01. The van der Waals surface area contributed by atoms with Crippen LogP contribution in [0.15, 0.2) is 11.4 Å². The van der Waals surface area contributed by atoms with Crippen molar-refractivity contribution in [2.75, 3.05) is 25.0 Å². The van der Waals surface area contributed by atoms with Crippen LogP contribution in [0.3, 0.4) is 0 Å². The Morgan fingerprint density at radius 1 is 1.72 bits per heavy atom. The minimum absolute atomic E-state index is 0.0468. The molecule has 3 N–H and O–H groups in total. The van der Waals surface area contributed by atoms with Crippen LogP contribution in [0.25, 0.3) is 0 Å².